The molecule has 152 valence electrons. The first-order chi connectivity index (χ1) is 14.7. The number of fused-ring (bicyclic) bond motifs is 2. The number of aromatic nitrogens is 4. The van der Waals surface area contributed by atoms with Crippen LogP contribution >= 0.6 is 11.8 Å². The summed E-state index contributed by atoms with van der Waals surface area (Å²) in [7, 11) is 0. The number of anilines is 1. The van der Waals surface area contributed by atoms with Crippen molar-refractivity contribution in [2.24, 2.45) is 0 Å². The minimum atomic E-state index is 0.0166. The zero-order chi connectivity index (χ0) is 20.5. The lowest BCUT2D eigenvalue weighted by molar-refractivity contribution is 0.0904. The molecule has 1 aliphatic rings. The molecule has 0 atom stereocenters. The van der Waals surface area contributed by atoms with Crippen molar-refractivity contribution in [3.8, 4) is 0 Å². The van der Waals surface area contributed by atoms with Crippen molar-refractivity contribution in [3.05, 3.63) is 60.9 Å². The summed E-state index contributed by atoms with van der Waals surface area (Å²) in [5.41, 5.74) is 3.32. The summed E-state index contributed by atoms with van der Waals surface area (Å²) in [4.78, 5) is 5.63. The van der Waals surface area contributed by atoms with E-state index in [0.717, 1.165) is 52.7 Å². The molecule has 4 aromatic rings. The fourth-order valence-electron chi connectivity index (χ4n) is 3.55. The van der Waals surface area contributed by atoms with E-state index in [4.69, 9.17) is 4.74 Å². The van der Waals surface area contributed by atoms with Crippen LogP contribution in [0.15, 0.2) is 65.4 Å². The van der Waals surface area contributed by atoms with Gasteiger partial charge in [0.25, 0.3) is 0 Å². The minimum absolute atomic E-state index is 0.0166. The Kier molecular flexibility index (Phi) is 5.02. The molecule has 1 saturated heterocycles. The molecule has 0 saturated carbocycles. The molecule has 1 aromatic carbocycles. The van der Waals surface area contributed by atoms with Gasteiger partial charge in [-0.3, -0.25) is 9.38 Å². The third kappa shape index (κ3) is 3.83. The Morgan fingerprint density at radius 1 is 1.17 bits per heavy atom. The molecule has 0 bridgehead atoms. The van der Waals surface area contributed by atoms with E-state index in [-0.39, 0.29) is 5.76 Å². The molecule has 5 rings (SSSR count). The molecule has 3 aromatic heterocycles. The summed E-state index contributed by atoms with van der Waals surface area (Å²) >= 11 is 1.51. The molecule has 0 unspecified atom stereocenters. The summed E-state index contributed by atoms with van der Waals surface area (Å²) in [5, 5.41) is 23.5. The molecule has 0 amide bonds. The summed E-state index contributed by atoms with van der Waals surface area (Å²) in [5.74, 6) is 0.0166. The van der Waals surface area contributed by atoms with E-state index < -0.39 is 0 Å². The number of benzene rings is 1. The topological polar surface area (TPSA) is 84.6 Å². The fourth-order valence-corrected chi connectivity index (χ4v) is 4.40. The van der Waals surface area contributed by atoms with Crippen LogP contribution in [-0.4, -0.2) is 43.9 Å². The van der Waals surface area contributed by atoms with Crippen LogP contribution in [0.25, 0.3) is 22.3 Å². The normalized spacial score (nSPS) is 14.9. The lowest BCUT2D eigenvalue weighted by Gasteiger charge is -2.24. The third-order valence-corrected chi connectivity index (χ3v) is 6.11. The van der Waals surface area contributed by atoms with Gasteiger partial charge in [0.2, 0.25) is 0 Å². The molecule has 0 radical (unpaired) electrons. The van der Waals surface area contributed by atoms with Crippen molar-refractivity contribution in [1.82, 2.24) is 19.6 Å². The fraction of sp³-hybridized carbons (Fsp3) is 0.227. The molecule has 1 fully saturated rings. The van der Waals surface area contributed by atoms with Gasteiger partial charge in [-0.1, -0.05) is 6.58 Å². The average Bonchev–Trinajstić information content (AvgIpc) is 3.16. The predicted octanol–water partition coefficient (Wildman–Crippen LogP) is 4.55. The number of aliphatic hydroxyl groups is 1. The standard InChI is InChI=1S/C22H21N5O2S/c1-14(28)15-2-5-21-25-26-22(27(21)13-15)30-19-3-4-20-16(11-19)10-18(12-23-20)24-17-6-8-29-9-7-17/h2-5,10-13,17,24,28H,1,6-9H2. The number of hydrogen-bond donors (Lipinski definition) is 2. The van der Waals surface area contributed by atoms with Crippen molar-refractivity contribution in [2.45, 2.75) is 28.9 Å². The predicted molar refractivity (Wildman–Crippen MR) is 118 cm³/mol. The largest absolute Gasteiger partial charge is 0.508 e. The Labute approximate surface area is 177 Å². The summed E-state index contributed by atoms with van der Waals surface area (Å²) in [6.45, 7) is 5.19. The number of nitrogens with one attached hydrogen (secondary N) is 1. The molecule has 8 heteroatoms. The van der Waals surface area contributed by atoms with Crippen LogP contribution in [0.5, 0.6) is 0 Å². The van der Waals surface area contributed by atoms with Crippen LogP contribution in [0.4, 0.5) is 5.69 Å². The smallest absolute Gasteiger partial charge is 0.200 e. The molecule has 30 heavy (non-hydrogen) atoms. The SMILES string of the molecule is C=C(O)c1ccc2nnc(Sc3ccc4ncc(NC5CCOCC5)cc4c3)n2c1. The van der Waals surface area contributed by atoms with Crippen LogP contribution in [0.1, 0.15) is 18.4 Å². The highest BCUT2D eigenvalue weighted by molar-refractivity contribution is 7.99. The minimum Gasteiger partial charge on any atom is -0.508 e. The van der Waals surface area contributed by atoms with Crippen molar-refractivity contribution < 1.29 is 9.84 Å². The highest BCUT2D eigenvalue weighted by atomic mass is 32.2. The van der Waals surface area contributed by atoms with Gasteiger partial charge in [-0.25, -0.2) is 0 Å². The van der Waals surface area contributed by atoms with Crippen LogP contribution in [0.3, 0.4) is 0 Å². The number of nitrogens with zero attached hydrogens (tertiary/aromatic N) is 4. The highest BCUT2D eigenvalue weighted by Gasteiger charge is 2.14. The van der Waals surface area contributed by atoms with Crippen LogP contribution in [0, 0.1) is 0 Å². The summed E-state index contributed by atoms with van der Waals surface area (Å²) in [6.07, 6.45) is 5.70. The number of aliphatic hydroxyl groups excluding tert-OH is 1. The third-order valence-electron chi connectivity index (χ3n) is 5.16. The maximum Gasteiger partial charge on any atom is 0.200 e. The monoisotopic (exact) mass is 419 g/mol. The zero-order valence-electron chi connectivity index (χ0n) is 16.3. The average molecular weight is 420 g/mol. The molecule has 0 spiro atoms. The molecule has 4 heterocycles. The van der Waals surface area contributed by atoms with E-state index in [0.29, 0.717) is 17.3 Å². The van der Waals surface area contributed by atoms with E-state index in [1.807, 2.05) is 28.8 Å². The van der Waals surface area contributed by atoms with Gasteiger partial charge in [-0.05, 0) is 61.0 Å². The van der Waals surface area contributed by atoms with Gasteiger partial charge in [-0.15, -0.1) is 10.2 Å². The van der Waals surface area contributed by atoms with Gasteiger partial charge in [0, 0.05) is 41.3 Å². The molecule has 2 N–H and O–H groups in total. The molecule has 1 aliphatic heterocycles. The Bertz CT molecular complexity index is 1230. The number of ether oxygens (including phenoxy) is 1. The van der Waals surface area contributed by atoms with Crippen LogP contribution < -0.4 is 5.32 Å². The van der Waals surface area contributed by atoms with E-state index >= 15 is 0 Å². The van der Waals surface area contributed by atoms with Gasteiger partial charge < -0.3 is 15.2 Å². The van der Waals surface area contributed by atoms with Crippen LogP contribution in [0.2, 0.25) is 0 Å². The second-order valence-corrected chi connectivity index (χ2v) is 8.33. The zero-order valence-corrected chi connectivity index (χ0v) is 17.1. The lowest BCUT2D eigenvalue weighted by atomic mass is 10.1. The summed E-state index contributed by atoms with van der Waals surface area (Å²) < 4.78 is 7.29. The molecular weight excluding hydrogens is 398 g/mol. The van der Waals surface area contributed by atoms with Crippen molar-refractivity contribution in [2.75, 3.05) is 18.5 Å². The summed E-state index contributed by atoms with van der Waals surface area (Å²) in [6, 6.07) is 12.3. The second kappa shape index (κ2) is 7.97. The Morgan fingerprint density at radius 2 is 2.03 bits per heavy atom. The van der Waals surface area contributed by atoms with Gasteiger partial charge in [-0.2, -0.15) is 0 Å². The van der Waals surface area contributed by atoms with E-state index in [1.54, 1.807) is 12.3 Å². The first-order valence-electron chi connectivity index (χ1n) is 9.81. The van der Waals surface area contributed by atoms with Gasteiger partial charge in [0.1, 0.15) is 5.76 Å². The van der Waals surface area contributed by atoms with Gasteiger partial charge in [0.05, 0.1) is 17.4 Å². The first kappa shape index (κ1) is 18.9. The van der Waals surface area contributed by atoms with Crippen molar-refractivity contribution in [3.63, 3.8) is 0 Å². The second-order valence-electron chi connectivity index (χ2n) is 7.29. The Balaban J connectivity index is 1.42. The highest BCUT2D eigenvalue weighted by Crippen LogP contribution is 2.30. The van der Waals surface area contributed by atoms with E-state index in [9.17, 15) is 5.11 Å². The van der Waals surface area contributed by atoms with Gasteiger partial charge in [0.15, 0.2) is 10.8 Å². The van der Waals surface area contributed by atoms with E-state index in [1.165, 1.54) is 11.8 Å². The Morgan fingerprint density at radius 3 is 2.87 bits per heavy atom. The Hall–Kier alpha value is -3.10. The van der Waals surface area contributed by atoms with E-state index in [2.05, 4.69) is 39.2 Å². The van der Waals surface area contributed by atoms with Crippen molar-refractivity contribution in [1.29, 1.82) is 0 Å². The lowest BCUT2D eigenvalue weighted by Crippen LogP contribution is -2.27. The maximum absolute atomic E-state index is 9.69. The molecular formula is C22H21N5O2S. The maximum atomic E-state index is 9.69. The molecule has 7 nitrogen and oxygen atoms in total. The molecule has 0 aliphatic carbocycles. The quantitative estimate of drug-likeness (QED) is 0.459. The van der Waals surface area contributed by atoms with Crippen LogP contribution in [-0.2, 0) is 4.74 Å². The number of hydrogen-bond acceptors (Lipinski definition) is 7. The number of rotatable bonds is 5. The first-order valence-corrected chi connectivity index (χ1v) is 10.6. The number of pyridine rings is 2. The van der Waals surface area contributed by atoms with Crippen molar-refractivity contribution >= 4 is 39.8 Å². The van der Waals surface area contributed by atoms with Gasteiger partial charge >= 0.3 is 0 Å².